The lowest BCUT2D eigenvalue weighted by Gasteiger charge is -2.29. The summed E-state index contributed by atoms with van der Waals surface area (Å²) in [6, 6.07) is 7.35. The predicted molar refractivity (Wildman–Crippen MR) is 56.4 cm³/mol. The van der Waals surface area contributed by atoms with Crippen LogP contribution in [-0.2, 0) is 9.59 Å². The number of hydrogen-bond donors (Lipinski definition) is 1. The number of carbonyl (C=O) groups is 2. The molecule has 2 amide bonds. The van der Waals surface area contributed by atoms with Gasteiger partial charge < -0.3 is 10.6 Å². The van der Waals surface area contributed by atoms with Gasteiger partial charge in [-0.05, 0) is 11.6 Å². The fourth-order valence-corrected chi connectivity index (χ4v) is 1.90. The topological polar surface area (TPSA) is 63.4 Å². The first-order chi connectivity index (χ1) is 7.11. The highest BCUT2D eigenvalue weighted by atomic mass is 16.2. The molecule has 4 nitrogen and oxygen atoms in total. The molecule has 0 saturated heterocycles. The van der Waals surface area contributed by atoms with E-state index in [4.69, 9.17) is 5.73 Å². The van der Waals surface area contributed by atoms with Gasteiger partial charge in [-0.2, -0.15) is 0 Å². The third-order valence-electron chi connectivity index (χ3n) is 2.77. The summed E-state index contributed by atoms with van der Waals surface area (Å²) < 4.78 is 0. The number of amides is 2. The Labute approximate surface area is 87.7 Å². The maximum Gasteiger partial charge on any atom is 0.227 e. The highest BCUT2D eigenvalue weighted by molar-refractivity contribution is 6.02. The summed E-state index contributed by atoms with van der Waals surface area (Å²) >= 11 is 0. The molecule has 1 aliphatic rings. The number of benzene rings is 1. The van der Waals surface area contributed by atoms with Gasteiger partial charge in [0.2, 0.25) is 11.8 Å². The monoisotopic (exact) mass is 204 g/mol. The van der Waals surface area contributed by atoms with Crippen molar-refractivity contribution in [2.45, 2.75) is 12.3 Å². The molecule has 0 radical (unpaired) electrons. The van der Waals surface area contributed by atoms with Gasteiger partial charge in [0.05, 0.1) is 5.92 Å². The second kappa shape index (κ2) is 3.38. The lowest BCUT2D eigenvalue weighted by molar-refractivity contribution is -0.125. The van der Waals surface area contributed by atoms with E-state index in [0.29, 0.717) is 0 Å². The number of fused-ring (bicyclic) bond motifs is 1. The van der Waals surface area contributed by atoms with Gasteiger partial charge in [-0.1, -0.05) is 18.2 Å². The highest BCUT2D eigenvalue weighted by Gasteiger charge is 2.31. The van der Waals surface area contributed by atoms with Gasteiger partial charge in [0.25, 0.3) is 0 Å². The molecule has 1 atom stereocenters. The largest absolute Gasteiger partial charge is 0.369 e. The Balaban J connectivity index is 2.54. The summed E-state index contributed by atoms with van der Waals surface area (Å²) in [6.07, 6.45) is 0.169. The number of para-hydroxylation sites is 1. The number of rotatable bonds is 1. The molecule has 1 aromatic carbocycles. The van der Waals surface area contributed by atoms with E-state index in [1.165, 1.54) is 0 Å². The van der Waals surface area contributed by atoms with Crippen molar-refractivity contribution in [3.8, 4) is 0 Å². The van der Waals surface area contributed by atoms with Crippen molar-refractivity contribution >= 4 is 17.5 Å². The summed E-state index contributed by atoms with van der Waals surface area (Å²) in [4.78, 5) is 24.4. The fraction of sp³-hybridized carbons (Fsp3) is 0.273. The van der Waals surface area contributed by atoms with Crippen molar-refractivity contribution in [2.75, 3.05) is 11.9 Å². The van der Waals surface area contributed by atoms with Crippen molar-refractivity contribution < 1.29 is 9.59 Å². The Kier molecular flexibility index (Phi) is 2.19. The molecule has 2 rings (SSSR count). The summed E-state index contributed by atoms with van der Waals surface area (Å²) in [5.41, 5.74) is 6.90. The molecule has 4 heteroatoms. The van der Waals surface area contributed by atoms with Gasteiger partial charge in [0.1, 0.15) is 0 Å². The molecule has 1 aliphatic heterocycles. The van der Waals surface area contributed by atoms with Crippen LogP contribution in [0.5, 0.6) is 0 Å². The molecular weight excluding hydrogens is 192 g/mol. The van der Waals surface area contributed by atoms with Crippen LogP contribution >= 0.6 is 0 Å². The Morgan fingerprint density at radius 2 is 2.13 bits per heavy atom. The average molecular weight is 204 g/mol. The van der Waals surface area contributed by atoms with Crippen LogP contribution < -0.4 is 10.6 Å². The van der Waals surface area contributed by atoms with E-state index in [2.05, 4.69) is 0 Å². The molecular formula is C11H12N2O2. The summed E-state index contributed by atoms with van der Waals surface area (Å²) in [7, 11) is 1.71. The maximum atomic E-state index is 11.6. The molecule has 15 heavy (non-hydrogen) atoms. The van der Waals surface area contributed by atoms with Gasteiger partial charge >= 0.3 is 0 Å². The van der Waals surface area contributed by atoms with Crippen molar-refractivity contribution in [1.82, 2.24) is 0 Å². The number of hydrogen-bond acceptors (Lipinski definition) is 2. The Bertz CT molecular complexity index is 428. The van der Waals surface area contributed by atoms with Crippen LogP contribution in [0.25, 0.3) is 0 Å². The number of nitrogens with two attached hydrogens (primary N) is 1. The first-order valence-electron chi connectivity index (χ1n) is 4.76. The van der Waals surface area contributed by atoms with Crippen molar-refractivity contribution in [1.29, 1.82) is 0 Å². The molecule has 0 fully saturated rings. The van der Waals surface area contributed by atoms with Gasteiger partial charge in [-0.15, -0.1) is 0 Å². The van der Waals surface area contributed by atoms with Gasteiger partial charge in [-0.3, -0.25) is 9.59 Å². The summed E-state index contributed by atoms with van der Waals surface area (Å²) in [5, 5.41) is 0. The van der Waals surface area contributed by atoms with E-state index in [-0.39, 0.29) is 12.3 Å². The summed E-state index contributed by atoms with van der Waals surface area (Å²) in [6.45, 7) is 0. The molecule has 2 N–H and O–H groups in total. The third kappa shape index (κ3) is 1.48. The van der Waals surface area contributed by atoms with E-state index in [0.717, 1.165) is 11.3 Å². The standard InChI is InChI=1S/C11H12N2O2/c1-13-9-5-3-2-4-7(9)8(11(12)15)6-10(13)14/h2-5,8H,6H2,1H3,(H2,12,15). The van der Waals surface area contributed by atoms with Gasteiger partial charge in [-0.25, -0.2) is 0 Å². The lowest BCUT2D eigenvalue weighted by atomic mass is 9.89. The van der Waals surface area contributed by atoms with E-state index < -0.39 is 11.8 Å². The minimum atomic E-state index is -0.482. The molecule has 78 valence electrons. The van der Waals surface area contributed by atoms with Crippen LogP contribution in [-0.4, -0.2) is 18.9 Å². The lowest BCUT2D eigenvalue weighted by Crippen LogP contribution is -2.37. The molecule has 1 heterocycles. The number of nitrogens with zero attached hydrogens (tertiary/aromatic N) is 1. The van der Waals surface area contributed by atoms with Crippen molar-refractivity contribution in [2.24, 2.45) is 5.73 Å². The number of primary amides is 1. The Morgan fingerprint density at radius 3 is 2.80 bits per heavy atom. The van der Waals surface area contributed by atoms with Crippen LogP contribution in [0.1, 0.15) is 17.9 Å². The molecule has 0 aliphatic carbocycles. The third-order valence-corrected chi connectivity index (χ3v) is 2.77. The Morgan fingerprint density at radius 1 is 1.47 bits per heavy atom. The molecule has 0 bridgehead atoms. The molecule has 0 saturated carbocycles. The predicted octanol–water partition coefficient (Wildman–Crippen LogP) is 0.622. The second-order valence-corrected chi connectivity index (χ2v) is 3.67. The van der Waals surface area contributed by atoms with Crippen molar-refractivity contribution in [3.05, 3.63) is 29.8 Å². The normalized spacial score (nSPS) is 19.9. The van der Waals surface area contributed by atoms with Crippen LogP contribution in [0.4, 0.5) is 5.69 Å². The minimum absolute atomic E-state index is 0.0718. The van der Waals surface area contributed by atoms with Gasteiger partial charge in [0.15, 0.2) is 0 Å². The highest BCUT2D eigenvalue weighted by Crippen LogP contribution is 2.34. The molecule has 0 spiro atoms. The van der Waals surface area contributed by atoms with E-state index >= 15 is 0 Å². The average Bonchev–Trinajstić information content (AvgIpc) is 2.23. The van der Waals surface area contributed by atoms with Crippen LogP contribution in [0.3, 0.4) is 0 Å². The first-order valence-corrected chi connectivity index (χ1v) is 4.76. The second-order valence-electron chi connectivity index (χ2n) is 3.67. The van der Waals surface area contributed by atoms with Crippen LogP contribution in [0.2, 0.25) is 0 Å². The van der Waals surface area contributed by atoms with Crippen LogP contribution in [0, 0.1) is 0 Å². The quantitative estimate of drug-likeness (QED) is 0.729. The molecule has 1 unspecified atom stereocenters. The van der Waals surface area contributed by atoms with Crippen LogP contribution in [0.15, 0.2) is 24.3 Å². The van der Waals surface area contributed by atoms with E-state index in [9.17, 15) is 9.59 Å². The molecule has 0 aromatic heterocycles. The zero-order valence-electron chi connectivity index (χ0n) is 8.43. The minimum Gasteiger partial charge on any atom is -0.369 e. The summed E-state index contributed by atoms with van der Waals surface area (Å²) in [5.74, 6) is -0.994. The number of anilines is 1. The first kappa shape index (κ1) is 9.71. The Hall–Kier alpha value is -1.84. The SMILES string of the molecule is CN1C(=O)CC(C(N)=O)c2ccccc21. The fourth-order valence-electron chi connectivity index (χ4n) is 1.90. The maximum absolute atomic E-state index is 11.6. The van der Waals surface area contributed by atoms with E-state index in [1.54, 1.807) is 11.9 Å². The molecule has 1 aromatic rings. The van der Waals surface area contributed by atoms with E-state index in [1.807, 2.05) is 24.3 Å². The van der Waals surface area contributed by atoms with Crippen molar-refractivity contribution in [3.63, 3.8) is 0 Å². The number of carbonyl (C=O) groups excluding carboxylic acids is 2. The zero-order chi connectivity index (χ0) is 11.0. The zero-order valence-corrected chi connectivity index (χ0v) is 8.43. The smallest absolute Gasteiger partial charge is 0.227 e. The van der Waals surface area contributed by atoms with Gasteiger partial charge in [0, 0.05) is 19.2 Å².